The van der Waals surface area contributed by atoms with Crippen molar-refractivity contribution in [2.45, 2.75) is 85.5 Å². The number of aromatic amines is 1. The molecule has 0 radical (unpaired) electrons. The summed E-state index contributed by atoms with van der Waals surface area (Å²) in [4.78, 5) is 38.3. The molecule has 244 valence electrons. The Hall–Kier alpha value is -4.98. The number of carbonyl (C=O) groups is 2. The molecule has 1 atom stereocenters. The molecule has 1 unspecified atom stereocenters. The molecule has 2 aromatic heterocycles. The summed E-state index contributed by atoms with van der Waals surface area (Å²) in [7, 11) is 0. The molecule has 3 aromatic carbocycles. The minimum absolute atomic E-state index is 0.146. The number of esters is 2. The number of aromatic nitrogens is 3. The number of rotatable bonds is 12. The maximum absolute atomic E-state index is 13.2. The Morgan fingerprint density at radius 3 is 2.38 bits per heavy atom. The van der Waals surface area contributed by atoms with Gasteiger partial charge in [-0.25, -0.2) is 19.6 Å². The number of nitrogens with zero attached hydrogens (tertiary/aromatic N) is 2. The van der Waals surface area contributed by atoms with Crippen LogP contribution in [0.25, 0.3) is 11.2 Å². The molecule has 0 amide bonds. The molecule has 2 heterocycles. The number of hydrogen-bond acceptors (Lipinski definition) is 7. The average Bonchev–Trinajstić information content (AvgIpc) is 3.48. The fraction of sp³-hybridized carbons (Fsp3) is 0.333. The number of pyridine rings is 1. The van der Waals surface area contributed by atoms with Crippen LogP contribution in [0.4, 0.5) is 0 Å². The second-order valence-electron chi connectivity index (χ2n) is 12.7. The third kappa shape index (κ3) is 8.44. The van der Waals surface area contributed by atoms with Crippen molar-refractivity contribution >= 4 is 23.1 Å². The molecular formula is C39H43N3O5. The van der Waals surface area contributed by atoms with Crippen molar-refractivity contribution in [1.29, 1.82) is 0 Å². The van der Waals surface area contributed by atoms with Crippen LogP contribution >= 0.6 is 0 Å². The van der Waals surface area contributed by atoms with E-state index in [2.05, 4.69) is 40.1 Å². The fourth-order valence-electron chi connectivity index (χ4n) is 5.47. The SMILES string of the molecule is CCCc1cc(Cc2cccc(COC(=O)c3cnc4nc(CC)[nH]c4c3C)c2)ccc1OC(C(=O)OC(C)(C)C)c1ccccc1. The first-order valence-corrected chi connectivity index (χ1v) is 16.2. The molecule has 0 bridgehead atoms. The van der Waals surface area contributed by atoms with E-state index in [9.17, 15) is 9.59 Å². The molecular weight excluding hydrogens is 590 g/mol. The lowest BCUT2D eigenvalue weighted by atomic mass is 9.99. The quantitative estimate of drug-likeness (QED) is 0.138. The average molecular weight is 634 g/mol. The molecule has 8 nitrogen and oxygen atoms in total. The molecule has 0 aliphatic carbocycles. The maximum Gasteiger partial charge on any atom is 0.352 e. The van der Waals surface area contributed by atoms with Gasteiger partial charge in [0.25, 0.3) is 0 Å². The molecule has 0 saturated heterocycles. The standard InChI is InChI=1S/C39H43N3O5/c1-7-13-30-22-27(18-19-32(30)46-35(29-16-10-9-11-17-29)38(44)47-39(4,5)6)20-26-14-12-15-28(21-26)24-45-37(43)31-23-40-36-34(25(31)3)41-33(8-2)42-36/h9-12,14-19,21-23,35H,7-8,13,20,24H2,1-6H3,(H,40,41,42). The van der Waals surface area contributed by atoms with Gasteiger partial charge in [-0.2, -0.15) is 0 Å². The minimum Gasteiger partial charge on any atom is -0.474 e. The first-order valence-electron chi connectivity index (χ1n) is 16.2. The number of nitrogens with one attached hydrogen (secondary N) is 1. The molecule has 0 saturated carbocycles. The first kappa shape index (κ1) is 33.4. The molecule has 0 aliphatic rings. The van der Waals surface area contributed by atoms with Crippen molar-refractivity contribution in [3.63, 3.8) is 0 Å². The Morgan fingerprint density at radius 1 is 0.915 bits per heavy atom. The molecule has 0 aliphatic heterocycles. The summed E-state index contributed by atoms with van der Waals surface area (Å²) in [6, 6.07) is 23.6. The Labute approximate surface area is 276 Å². The van der Waals surface area contributed by atoms with Crippen LogP contribution in [0.3, 0.4) is 0 Å². The maximum atomic E-state index is 13.2. The van der Waals surface area contributed by atoms with Gasteiger partial charge in [0, 0.05) is 18.2 Å². The van der Waals surface area contributed by atoms with Gasteiger partial charge in [-0.3, -0.25) is 0 Å². The third-order valence-corrected chi connectivity index (χ3v) is 7.77. The zero-order valence-electron chi connectivity index (χ0n) is 28.1. The van der Waals surface area contributed by atoms with E-state index in [0.29, 0.717) is 23.4 Å². The normalized spacial score (nSPS) is 12.1. The summed E-state index contributed by atoms with van der Waals surface area (Å²) in [6.07, 6.45) is 3.82. The van der Waals surface area contributed by atoms with Gasteiger partial charge in [-0.05, 0) is 74.4 Å². The number of carbonyl (C=O) groups excluding carboxylic acids is 2. The van der Waals surface area contributed by atoms with E-state index in [1.807, 2.05) is 89.2 Å². The molecule has 1 N–H and O–H groups in total. The van der Waals surface area contributed by atoms with Crippen LogP contribution in [-0.4, -0.2) is 32.5 Å². The Balaban J connectivity index is 1.29. The number of H-pyrrole nitrogens is 1. The van der Waals surface area contributed by atoms with Gasteiger partial charge in [0.2, 0.25) is 6.10 Å². The Kier molecular flexibility index (Phi) is 10.4. The minimum atomic E-state index is -0.883. The number of benzene rings is 3. The van der Waals surface area contributed by atoms with Crippen molar-refractivity contribution in [1.82, 2.24) is 15.0 Å². The topological polar surface area (TPSA) is 103 Å². The molecule has 0 spiro atoms. The zero-order chi connectivity index (χ0) is 33.6. The highest BCUT2D eigenvalue weighted by atomic mass is 16.6. The number of imidazole rings is 1. The lowest BCUT2D eigenvalue weighted by Gasteiger charge is -2.25. The van der Waals surface area contributed by atoms with Crippen molar-refractivity contribution < 1.29 is 23.8 Å². The van der Waals surface area contributed by atoms with Crippen LogP contribution in [0.15, 0.2) is 79.0 Å². The largest absolute Gasteiger partial charge is 0.474 e. The van der Waals surface area contributed by atoms with Crippen LogP contribution in [0.2, 0.25) is 0 Å². The summed E-state index contributed by atoms with van der Waals surface area (Å²) < 4.78 is 17.8. The van der Waals surface area contributed by atoms with Gasteiger partial charge in [0.1, 0.15) is 23.8 Å². The second-order valence-corrected chi connectivity index (χ2v) is 12.7. The molecule has 8 heteroatoms. The Morgan fingerprint density at radius 2 is 1.66 bits per heavy atom. The second kappa shape index (κ2) is 14.6. The monoisotopic (exact) mass is 633 g/mol. The summed E-state index contributed by atoms with van der Waals surface area (Å²) in [5, 5.41) is 0. The third-order valence-electron chi connectivity index (χ3n) is 7.77. The van der Waals surface area contributed by atoms with Crippen LogP contribution in [0, 0.1) is 6.92 Å². The van der Waals surface area contributed by atoms with Crippen LogP contribution in [0.5, 0.6) is 5.75 Å². The van der Waals surface area contributed by atoms with Crippen molar-refractivity contribution in [3.05, 3.63) is 124 Å². The lowest BCUT2D eigenvalue weighted by Crippen LogP contribution is -2.30. The van der Waals surface area contributed by atoms with Crippen LogP contribution < -0.4 is 4.74 Å². The van der Waals surface area contributed by atoms with E-state index in [1.54, 1.807) is 0 Å². The van der Waals surface area contributed by atoms with Gasteiger partial charge in [0.05, 0.1) is 11.1 Å². The predicted molar refractivity (Wildman–Crippen MR) is 182 cm³/mol. The van der Waals surface area contributed by atoms with Crippen molar-refractivity contribution in [2.75, 3.05) is 0 Å². The lowest BCUT2D eigenvalue weighted by molar-refractivity contribution is -0.163. The van der Waals surface area contributed by atoms with E-state index in [0.717, 1.165) is 64.0 Å². The molecule has 5 aromatic rings. The van der Waals surface area contributed by atoms with Gasteiger partial charge < -0.3 is 19.2 Å². The number of ether oxygens (including phenoxy) is 3. The molecule has 47 heavy (non-hydrogen) atoms. The fourth-order valence-corrected chi connectivity index (χ4v) is 5.47. The van der Waals surface area contributed by atoms with E-state index >= 15 is 0 Å². The first-order chi connectivity index (χ1) is 22.5. The molecule has 0 fully saturated rings. The number of fused-ring (bicyclic) bond motifs is 1. The van der Waals surface area contributed by atoms with Gasteiger partial charge in [0.15, 0.2) is 5.65 Å². The van der Waals surface area contributed by atoms with Crippen LogP contribution in [0.1, 0.15) is 96.7 Å². The van der Waals surface area contributed by atoms with Crippen LogP contribution in [-0.2, 0) is 40.1 Å². The summed E-state index contributed by atoms with van der Waals surface area (Å²) in [5.74, 6) is 0.653. The van der Waals surface area contributed by atoms with Gasteiger partial charge >= 0.3 is 11.9 Å². The Bertz CT molecular complexity index is 1860. The van der Waals surface area contributed by atoms with E-state index in [1.165, 1.54) is 6.20 Å². The molecule has 5 rings (SSSR count). The van der Waals surface area contributed by atoms with Crippen molar-refractivity contribution in [2.24, 2.45) is 0 Å². The van der Waals surface area contributed by atoms with Gasteiger partial charge in [-0.15, -0.1) is 0 Å². The zero-order valence-corrected chi connectivity index (χ0v) is 28.1. The van der Waals surface area contributed by atoms with Crippen molar-refractivity contribution in [3.8, 4) is 5.75 Å². The highest BCUT2D eigenvalue weighted by molar-refractivity contribution is 5.95. The predicted octanol–water partition coefficient (Wildman–Crippen LogP) is 8.19. The van der Waals surface area contributed by atoms with E-state index < -0.39 is 23.6 Å². The highest BCUT2D eigenvalue weighted by Crippen LogP contribution is 2.30. The van der Waals surface area contributed by atoms with Gasteiger partial charge in [-0.1, -0.05) is 87.0 Å². The van der Waals surface area contributed by atoms with E-state index in [4.69, 9.17) is 14.2 Å². The number of hydrogen-bond donors (Lipinski definition) is 1. The van der Waals surface area contributed by atoms with E-state index in [-0.39, 0.29) is 6.61 Å². The highest BCUT2D eigenvalue weighted by Gasteiger charge is 2.29. The summed E-state index contributed by atoms with van der Waals surface area (Å²) >= 11 is 0. The summed E-state index contributed by atoms with van der Waals surface area (Å²) in [6.45, 7) is 11.7. The smallest absolute Gasteiger partial charge is 0.352 e. The number of aryl methyl sites for hydroxylation is 3. The summed E-state index contributed by atoms with van der Waals surface area (Å²) in [5.41, 5.74) is 6.80.